The maximum Gasteiger partial charge on any atom is 0.0800 e. The zero-order valence-corrected chi connectivity index (χ0v) is 32.5. The summed E-state index contributed by atoms with van der Waals surface area (Å²) in [6.07, 6.45) is 0. The van der Waals surface area contributed by atoms with E-state index in [4.69, 9.17) is 4.98 Å². The molecule has 3 aromatic heterocycles. The first-order valence-electron chi connectivity index (χ1n) is 20.6. The van der Waals surface area contributed by atoms with Gasteiger partial charge >= 0.3 is 0 Å². The summed E-state index contributed by atoms with van der Waals surface area (Å²) in [7, 11) is 0. The van der Waals surface area contributed by atoms with Crippen molar-refractivity contribution in [2.24, 2.45) is 0 Å². The number of benzene rings is 9. The highest BCUT2D eigenvalue weighted by molar-refractivity contribution is 6.15. The molecule has 0 radical (unpaired) electrons. The van der Waals surface area contributed by atoms with E-state index >= 15 is 0 Å². The summed E-state index contributed by atoms with van der Waals surface area (Å²) in [5.74, 6) is 0. The van der Waals surface area contributed by atoms with Gasteiger partial charge in [-0.2, -0.15) is 0 Å². The quantitative estimate of drug-likeness (QED) is 0.171. The molecule has 1 aliphatic carbocycles. The van der Waals surface area contributed by atoms with Gasteiger partial charge in [-0.25, -0.2) is 4.98 Å². The van der Waals surface area contributed by atoms with Gasteiger partial charge in [0.25, 0.3) is 0 Å². The van der Waals surface area contributed by atoms with Crippen LogP contribution < -0.4 is 0 Å². The summed E-state index contributed by atoms with van der Waals surface area (Å²) < 4.78 is 4.82. The van der Waals surface area contributed by atoms with E-state index in [2.05, 4.69) is 221 Å². The SMILES string of the molecule is c1ccc(-c2cccc(-n3c4ccccc4c4cc(-c5ccc6c(c5)c5ccccc5n6-c5cccc(-c6cc7cccc8c7c(n6)-c6ccccc6-8)c5)ccc43)c2)cc1. The number of pyridine rings is 1. The van der Waals surface area contributed by atoms with Crippen molar-refractivity contribution in [3.63, 3.8) is 0 Å². The first-order chi connectivity index (χ1) is 29.7. The van der Waals surface area contributed by atoms with Crippen LogP contribution in [0.5, 0.6) is 0 Å². The average molecular weight is 762 g/mol. The minimum Gasteiger partial charge on any atom is -0.309 e. The minimum absolute atomic E-state index is 0.983. The highest BCUT2D eigenvalue weighted by Crippen LogP contribution is 2.47. The Balaban J connectivity index is 0.931. The number of rotatable bonds is 5. The van der Waals surface area contributed by atoms with E-state index in [1.54, 1.807) is 0 Å². The molecule has 0 spiro atoms. The molecule has 3 nitrogen and oxygen atoms in total. The van der Waals surface area contributed by atoms with Gasteiger partial charge in [-0.1, -0.05) is 146 Å². The van der Waals surface area contributed by atoms with E-state index in [1.807, 2.05) is 0 Å². The molecule has 278 valence electrons. The molecule has 3 heterocycles. The molecule has 0 saturated carbocycles. The second kappa shape index (κ2) is 12.7. The fraction of sp³-hybridized carbons (Fsp3) is 0. The molecule has 3 heteroatoms. The number of fused-ring (bicyclic) bond motifs is 9. The molecule has 13 rings (SSSR count). The van der Waals surface area contributed by atoms with Gasteiger partial charge in [0.05, 0.1) is 33.5 Å². The highest BCUT2D eigenvalue weighted by Gasteiger charge is 2.23. The fourth-order valence-corrected chi connectivity index (χ4v) is 9.92. The van der Waals surface area contributed by atoms with Crippen LogP contribution in [0.4, 0.5) is 0 Å². The van der Waals surface area contributed by atoms with Crippen LogP contribution in [0.1, 0.15) is 0 Å². The van der Waals surface area contributed by atoms with Crippen LogP contribution in [0.25, 0.3) is 122 Å². The third kappa shape index (κ3) is 4.87. The summed E-state index contributed by atoms with van der Waals surface area (Å²) >= 11 is 0. The van der Waals surface area contributed by atoms with Gasteiger partial charge in [0.15, 0.2) is 0 Å². The second-order valence-electron chi connectivity index (χ2n) is 15.9. The van der Waals surface area contributed by atoms with E-state index in [-0.39, 0.29) is 0 Å². The van der Waals surface area contributed by atoms with Crippen LogP contribution in [0.15, 0.2) is 212 Å². The third-order valence-electron chi connectivity index (χ3n) is 12.6. The molecule has 0 amide bonds. The monoisotopic (exact) mass is 761 g/mol. The largest absolute Gasteiger partial charge is 0.309 e. The summed E-state index contributed by atoms with van der Waals surface area (Å²) in [5.41, 5.74) is 18.7. The Morgan fingerprint density at radius 2 is 0.800 bits per heavy atom. The first-order valence-corrected chi connectivity index (χ1v) is 20.6. The topological polar surface area (TPSA) is 22.8 Å². The molecule has 0 bridgehead atoms. The maximum absolute atomic E-state index is 5.34. The van der Waals surface area contributed by atoms with Crippen molar-refractivity contribution in [2.75, 3.05) is 0 Å². The van der Waals surface area contributed by atoms with Crippen LogP contribution in [0.2, 0.25) is 0 Å². The Bertz CT molecular complexity index is 3720. The summed E-state index contributed by atoms with van der Waals surface area (Å²) in [5, 5.41) is 7.42. The van der Waals surface area contributed by atoms with Crippen molar-refractivity contribution in [1.82, 2.24) is 14.1 Å². The van der Waals surface area contributed by atoms with Gasteiger partial charge in [-0.3, -0.25) is 0 Å². The van der Waals surface area contributed by atoms with Crippen LogP contribution in [-0.2, 0) is 0 Å². The maximum atomic E-state index is 5.34. The van der Waals surface area contributed by atoms with Crippen LogP contribution in [0.3, 0.4) is 0 Å². The standard InChI is InChI=1S/C57H35N3/c1-2-13-36(14-3-1)37-15-10-18-42(31-37)59-52-25-8-6-21-45(52)49-33-38(27-29-54(49)59)39-28-30-55-50(34-39)46-22-7-9-26-53(46)60(55)43-19-11-16-40(32-43)51-35-41-17-12-24-47-44-20-4-5-23-48(44)57(58-51)56(41)47/h1-35H. The van der Waals surface area contributed by atoms with Gasteiger partial charge < -0.3 is 9.13 Å². The molecule has 0 atom stereocenters. The predicted octanol–water partition coefficient (Wildman–Crippen LogP) is 15.1. The molecular formula is C57H35N3. The predicted molar refractivity (Wildman–Crippen MR) is 251 cm³/mol. The molecule has 9 aromatic carbocycles. The van der Waals surface area contributed by atoms with Gasteiger partial charge in [0.2, 0.25) is 0 Å². The summed E-state index contributed by atoms with van der Waals surface area (Å²) in [6, 6.07) is 77.3. The van der Waals surface area contributed by atoms with Gasteiger partial charge in [0, 0.05) is 49.4 Å². The second-order valence-corrected chi connectivity index (χ2v) is 15.9. The van der Waals surface area contributed by atoms with E-state index in [0.717, 1.165) is 28.3 Å². The molecular weight excluding hydrogens is 727 g/mol. The third-order valence-corrected chi connectivity index (χ3v) is 12.6. The normalized spacial score (nSPS) is 12.0. The molecule has 0 N–H and O–H groups in total. The van der Waals surface area contributed by atoms with E-state index < -0.39 is 0 Å². The molecule has 0 fully saturated rings. The van der Waals surface area contributed by atoms with Crippen molar-refractivity contribution in [1.29, 1.82) is 0 Å². The molecule has 60 heavy (non-hydrogen) atoms. The van der Waals surface area contributed by atoms with Gasteiger partial charge in [-0.05, 0) is 105 Å². The number of hydrogen-bond donors (Lipinski definition) is 0. The number of para-hydroxylation sites is 2. The van der Waals surface area contributed by atoms with E-state index in [9.17, 15) is 0 Å². The molecule has 12 aromatic rings. The lowest BCUT2D eigenvalue weighted by Gasteiger charge is -2.12. The Kier molecular flexibility index (Phi) is 7.01. The lowest BCUT2D eigenvalue weighted by atomic mass is 10.0. The Labute approximate surface area is 346 Å². The lowest BCUT2D eigenvalue weighted by Crippen LogP contribution is -1.95. The first kappa shape index (κ1) is 33.0. The smallest absolute Gasteiger partial charge is 0.0800 e. The Morgan fingerprint density at radius 3 is 1.48 bits per heavy atom. The van der Waals surface area contributed by atoms with Crippen molar-refractivity contribution in [3.8, 4) is 67.3 Å². The lowest BCUT2D eigenvalue weighted by molar-refractivity contribution is 1.18. The fourth-order valence-electron chi connectivity index (χ4n) is 9.92. The van der Waals surface area contributed by atoms with Gasteiger partial charge in [-0.15, -0.1) is 0 Å². The summed E-state index contributed by atoms with van der Waals surface area (Å²) in [4.78, 5) is 5.34. The zero-order chi connectivity index (χ0) is 39.3. The summed E-state index contributed by atoms with van der Waals surface area (Å²) in [6.45, 7) is 0. The Morgan fingerprint density at radius 1 is 0.300 bits per heavy atom. The van der Waals surface area contributed by atoms with Crippen molar-refractivity contribution in [2.45, 2.75) is 0 Å². The molecule has 1 aliphatic rings. The molecule has 0 aliphatic heterocycles. The van der Waals surface area contributed by atoms with E-state index in [0.29, 0.717) is 0 Å². The van der Waals surface area contributed by atoms with Crippen LogP contribution in [0, 0.1) is 0 Å². The molecule has 0 unspecified atom stereocenters. The van der Waals surface area contributed by atoms with Crippen molar-refractivity contribution < 1.29 is 0 Å². The van der Waals surface area contributed by atoms with E-state index in [1.165, 1.54) is 93.3 Å². The zero-order valence-electron chi connectivity index (χ0n) is 32.5. The molecule has 0 saturated heterocycles. The van der Waals surface area contributed by atoms with Gasteiger partial charge in [0.1, 0.15) is 0 Å². The number of aromatic nitrogens is 3. The Hall–Kier alpha value is -8.01. The highest BCUT2D eigenvalue weighted by atomic mass is 15.0. The number of hydrogen-bond acceptors (Lipinski definition) is 1. The van der Waals surface area contributed by atoms with Crippen LogP contribution in [-0.4, -0.2) is 14.1 Å². The van der Waals surface area contributed by atoms with Crippen LogP contribution >= 0.6 is 0 Å². The number of nitrogens with zero attached hydrogens (tertiary/aromatic N) is 3. The van der Waals surface area contributed by atoms with Crippen molar-refractivity contribution >= 4 is 54.4 Å². The minimum atomic E-state index is 0.983. The van der Waals surface area contributed by atoms with Crippen molar-refractivity contribution in [3.05, 3.63) is 212 Å². The average Bonchev–Trinajstić information content (AvgIpc) is 3.95.